The fraction of sp³-hybridized carbons (Fsp3) is 0.0323. The summed E-state index contributed by atoms with van der Waals surface area (Å²) >= 11 is 1.89. The number of rotatable bonds is 1. The van der Waals surface area contributed by atoms with Crippen molar-refractivity contribution in [1.29, 1.82) is 0 Å². The summed E-state index contributed by atoms with van der Waals surface area (Å²) in [6, 6.07) is 35.6. The maximum absolute atomic E-state index is 3.73. The lowest BCUT2D eigenvalue weighted by atomic mass is 9.58. The van der Waals surface area contributed by atoms with Gasteiger partial charge in [0.2, 0.25) is 0 Å². The smallest absolute Gasteiger partial charge is 0.198 e. The number of anilines is 3. The van der Waals surface area contributed by atoms with Gasteiger partial charge in [0.05, 0.1) is 16.9 Å². The van der Waals surface area contributed by atoms with E-state index < -0.39 is 0 Å². The van der Waals surface area contributed by atoms with Crippen LogP contribution in [0.25, 0.3) is 32.9 Å². The van der Waals surface area contributed by atoms with E-state index in [2.05, 4.69) is 114 Å². The first-order chi connectivity index (χ1) is 17.3. The highest BCUT2D eigenvalue weighted by Gasteiger charge is 2.33. The second-order valence-corrected chi connectivity index (χ2v) is 10.6. The minimum Gasteiger partial charge on any atom is -0.354 e. The summed E-state index contributed by atoms with van der Waals surface area (Å²) in [5.74, 6) is 0. The first-order valence-electron chi connectivity index (χ1n) is 12.1. The van der Waals surface area contributed by atoms with E-state index >= 15 is 0 Å². The molecule has 2 aliphatic rings. The molecule has 4 heteroatoms. The predicted octanol–water partition coefficient (Wildman–Crippen LogP) is 6.93. The molecule has 2 nitrogen and oxygen atoms in total. The molecule has 1 N–H and O–H groups in total. The Balaban J connectivity index is 1.45. The molecule has 0 saturated heterocycles. The summed E-state index contributed by atoms with van der Waals surface area (Å²) < 4.78 is 0. The van der Waals surface area contributed by atoms with Gasteiger partial charge >= 0.3 is 0 Å². The topological polar surface area (TPSA) is 19.0 Å². The van der Waals surface area contributed by atoms with E-state index in [-0.39, 0.29) is 0 Å². The van der Waals surface area contributed by atoms with Crippen LogP contribution in [0.15, 0.2) is 107 Å². The minimum absolute atomic E-state index is 0.934. The van der Waals surface area contributed by atoms with Gasteiger partial charge in [-0.25, -0.2) is 0 Å². The van der Waals surface area contributed by atoms with Gasteiger partial charge in [-0.05, 0) is 53.8 Å². The lowest BCUT2D eigenvalue weighted by Crippen LogP contribution is -2.42. The Morgan fingerprint density at radius 2 is 1.51 bits per heavy atom. The molecule has 0 aliphatic carbocycles. The molecule has 3 heterocycles. The highest BCUT2D eigenvalue weighted by Crippen LogP contribution is 2.51. The number of nitrogens with one attached hydrogen (secondary N) is 1. The summed E-state index contributed by atoms with van der Waals surface area (Å²) in [6.45, 7) is 2.22. The first-order valence-corrected chi connectivity index (χ1v) is 12.9. The van der Waals surface area contributed by atoms with Crippen molar-refractivity contribution >= 4 is 68.8 Å². The van der Waals surface area contributed by atoms with E-state index in [0.717, 1.165) is 7.28 Å². The largest absolute Gasteiger partial charge is 0.354 e. The zero-order valence-corrected chi connectivity index (χ0v) is 20.1. The second kappa shape index (κ2) is 7.06. The zero-order valence-electron chi connectivity index (χ0n) is 19.3. The van der Waals surface area contributed by atoms with Gasteiger partial charge in [-0.3, -0.25) is 0 Å². The molecule has 0 unspecified atom stereocenters. The number of nitrogens with zero attached hydrogens (tertiary/aromatic N) is 1. The van der Waals surface area contributed by atoms with Gasteiger partial charge < -0.3 is 9.88 Å². The highest BCUT2D eigenvalue weighted by molar-refractivity contribution is 7.99. The number of hydrogen-bond donors (Lipinski definition) is 1. The average Bonchev–Trinajstić information content (AvgIpc) is 3.27. The van der Waals surface area contributed by atoms with Gasteiger partial charge in [-0.1, -0.05) is 84.0 Å². The highest BCUT2D eigenvalue weighted by atomic mass is 32.2. The fourth-order valence-corrected chi connectivity index (χ4v) is 7.09. The fourth-order valence-electron chi connectivity index (χ4n) is 5.97. The van der Waals surface area contributed by atoms with Crippen molar-refractivity contribution in [3.05, 3.63) is 103 Å². The summed E-state index contributed by atoms with van der Waals surface area (Å²) in [7, 11) is 0.934. The van der Waals surface area contributed by atoms with Gasteiger partial charge in [-0.15, -0.1) is 0 Å². The van der Waals surface area contributed by atoms with Crippen molar-refractivity contribution < 1.29 is 0 Å². The molecule has 6 aromatic rings. The molecular weight excluding hydrogens is 443 g/mol. The number of hydrogen-bond acceptors (Lipinski definition) is 2. The molecule has 0 spiro atoms. The third-order valence-corrected chi connectivity index (χ3v) is 8.56. The van der Waals surface area contributed by atoms with Crippen LogP contribution in [0.5, 0.6) is 0 Å². The second-order valence-electron chi connectivity index (χ2n) is 9.55. The van der Waals surface area contributed by atoms with Crippen LogP contribution < -0.4 is 15.8 Å². The van der Waals surface area contributed by atoms with E-state index in [4.69, 9.17) is 0 Å². The lowest BCUT2D eigenvalue weighted by Gasteiger charge is -2.39. The van der Waals surface area contributed by atoms with Crippen LogP contribution in [-0.4, -0.2) is 12.3 Å². The zero-order chi connectivity index (χ0) is 23.1. The SMILES string of the molecule is Cc1cc(-c2cccc3c2[nH]c2ccccc23)c2c(c1)N1c3ccccc3Sc3cccc(c31)B2. The molecule has 0 bridgehead atoms. The van der Waals surface area contributed by atoms with Crippen LogP contribution in [0.4, 0.5) is 17.1 Å². The quantitative estimate of drug-likeness (QED) is 0.266. The Morgan fingerprint density at radius 3 is 2.49 bits per heavy atom. The number of aromatic nitrogens is 1. The molecule has 0 radical (unpaired) electrons. The minimum atomic E-state index is 0.934. The molecule has 2 aliphatic heterocycles. The van der Waals surface area contributed by atoms with Crippen molar-refractivity contribution in [3.63, 3.8) is 0 Å². The molecule has 164 valence electrons. The van der Waals surface area contributed by atoms with Crippen LogP contribution in [-0.2, 0) is 0 Å². The van der Waals surface area contributed by atoms with Gasteiger partial charge in [0.15, 0.2) is 7.28 Å². The van der Waals surface area contributed by atoms with Gasteiger partial charge in [-0.2, -0.15) is 0 Å². The van der Waals surface area contributed by atoms with Crippen LogP contribution >= 0.6 is 11.8 Å². The Labute approximate surface area is 208 Å². The van der Waals surface area contributed by atoms with Crippen LogP contribution in [0.2, 0.25) is 0 Å². The van der Waals surface area contributed by atoms with E-state index in [0.29, 0.717) is 0 Å². The van der Waals surface area contributed by atoms with Crippen molar-refractivity contribution in [2.75, 3.05) is 4.90 Å². The lowest BCUT2D eigenvalue weighted by molar-refractivity contribution is 1.17. The molecule has 0 fully saturated rings. The van der Waals surface area contributed by atoms with Crippen molar-refractivity contribution in [2.24, 2.45) is 0 Å². The third-order valence-electron chi connectivity index (χ3n) is 7.44. The average molecular weight is 464 g/mol. The molecule has 35 heavy (non-hydrogen) atoms. The van der Waals surface area contributed by atoms with Crippen LogP contribution in [0.1, 0.15) is 5.56 Å². The van der Waals surface area contributed by atoms with Crippen molar-refractivity contribution in [1.82, 2.24) is 4.98 Å². The summed E-state index contributed by atoms with van der Waals surface area (Å²) in [5.41, 5.74) is 13.0. The molecule has 0 saturated carbocycles. The third kappa shape index (κ3) is 2.69. The van der Waals surface area contributed by atoms with Gasteiger partial charge in [0.25, 0.3) is 0 Å². The Hall–Kier alpha value is -3.89. The van der Waals surface area contributed by atoms with Crippen molar-refractivity contribution in [3.8, 4) is 11.1 Å². The number of aromatic amines is 1. The molecule has 5 aromatic carbocycles. The molecule has 0 atom stereocenters. The molecule has 1 aromatic heterocycles. The standard InChI is InChI=1S/C31H21BN2S/c1-18-16-22(21-10-6-9-20-19-8-2-3-12-24(19)33-30(20)21)29-26(17-18)34-25-13-4-5-14-27(25)35-28-15-7-11-23(32-29)31(28)34/h2-17,32-33H,1H3. The molecular formula is C31H21BN2S. The van der Waals surface area contributed by atoms with Crippen molar-refractivity contribution in [2.45, 2.75) is 16.7 Å². The summed E-state index contributed by atoms with van der Waals surface area (Å²) in [6.07, 6.45) is 0. The van der Waals surface area contributed by atoms with Gasteiger partial charge in [0.1, 0.15) is 0 Å². The van der Waals surface area contributed by atoms with E-state index in [9.17, 15) is 0 Å². The molecule has 0 amide bonds. The summed E-state index contributed by atoms with van der Waals surface area (Å²) in [4.78, 5) is 8.90. The number of aryl methyl sites for hydroxylation is 1. The number of benzene rings is 5. The monoisotopic (exact) mass is 464 g/mol. The maximum atomic E-state index is 3.73. The molecule has 8 rings (SSSR count). The summed E-state index contributed by atoms with van der Waals surface area (Å²) in [5, 5.41) is 2.56. The predicted molar refractivity (Wildman–Crippen MR) is 151 cm³/mol. The normalized spacial score (nSPS) is 13.3. The maximum Gasteiger partial charge on any atom is 0.198 e. The Kier molecular flexibility index (Phi) is 3.92. The Bertz CT molecular complexity index is 1830. The number of para-hydroxylation sites is 4. The number of H-pyrrole nitrogens is 1. The van der Waals surface area contributed by atoms with E-state index in [1.54, 1.807) is 0 Å². The number of fused-ring (bicyclic) bond motifs is 7. The first kappa shape index (κ1) is 19.4. The van der Waals surface area contributed by atoms with Gasteiger partial charge in [0, 0.05) is 37.3 Å². The van der Waals surface area contributed by atoms with Crippen LogP contribution in [0, 0.1) is 6.92 Å². The van der Waals surface area contributed by atoms with E-state index in [1.165, 1.54) is 76.3 Å². The van der Waals surface area contributed by atoms with Crippen LogP contribution in [0.3, 0.4) is 0 Å². The Morgan fingerprint density at radius 1 is 0.714 bits per heavy atom. The van der Waals surface area contributed by atoms with E-state index in [1.807, 2.05) is 11.8 Å².